The van der Waals surface area contributed by atoms with Crippen LogP contribution in [-0.2, 0) is 6.54 Å². The first-order valence-electron chi connectivity index (χ1n) is 11.1. The van der Waals surface area contributed by atoms with Gasteiger partial charge < -0.3 is 10.6 Å². The minimum atomic E-state index is 0.699. The molecule has 2 aliphatic rings. The summed E-state index contributed by atoms with van der Waals surface area (Å²) in [5.41, 5.74) is 2.85. The molecule has 0 amide bonds. The first kappa shape index (κ1) is 21.3. The van der Waals surface area contributed by atoms with Crippen LogP contribution < -0.4 is 10.6 Å². The molecule has 2 heterocycles. The molecule has 156 valence electrons. The van der Waals surface area contributed by atoms with Crippen LogP contribution >= 0.6 is 11.3 Å². The van der Waals surface area contributed by atoms with Crippen LogP contribution in [0.4, 0.5) is 0 Å². The standard InChI is InChI=1S/C22H37N5S/c1-3-23-22(24-12-9-19-7-5-4-6-8-19)25-15-20-10-13-27(14-11-20)16-21-17-28-18(2)26-21/h7,17,20H,3-6,8-16H2,1-2H3,(H2,23,24,25). The first-order chi connectivity index (χ1) is 13.7. The molecule has 0 radical (unpaired) electrons. The summed E-state index contributed by atoms with van der Waals surface area (Å²) in [4.78, 5) is 12.0. The van der Waals surface area contributed by atoms with Gasteiger partial charge in [0.1, 0.15) is 0 Å². The van der Waals surface area contributed by atoms with E-state index in [0.717, 1.165) is 51.6 Å². The van der Waals surface area contributed by atoms with Crippen molar-refractivity contribution in [1.29, 1.82) is 0 Å². The highest BCUT2D eigenvalue weighted by molar-refractivity contribution is 7.09. The highest BCUT2D eigenvalue weighted by Gasteiger charge is 2.19. The number of hydrogen-bond acceptors (Lipinski definition) is 4. The molecule has 0 atom stereocenters. The predicted molar refractivity (Wildman–Crippen MR) is 120 cm³/mol. The number of nitrogens with zero attached hydrogens (tertiary/aromatic N) is 3. The number of thiazole rings is 1. The van der Waals surface area contributed by atoms with Crippen molar-refractivity contribution in [3.63, 3.8) is 0 Å². The van der Waals surface area contributed by atoms with E-state index < -0.39 is 0 Å². The van der Waals surface area contributed by atoms with Gasteiger partial charge in [0, 0.05) is 31.6 Å². The fourth-order valence-electron chi connectivity index (χ4n) is 4.07. The molecule has 1 saturated heterocycles. The maximum absolute atomic E-state index is 4.88. The summed E-state index contributed by atoms with van der Waals surface area (Å²) in [6.07, 6.45) is 11.3. The Labute approximate surface area is 174 Å². The van der Waals surface area contributed by atoms with Gasteiger partial charge in [-0.15, -0.1) is 11.3 Å². The second-order valence-electron chi connectivity index (χ2n) is 8.08. The molecule has 28 heavy (non-hydrogen) atoms. The molecule has 0 bridgehead atoms. The summed E-state index contributed by atoms with van der Waals surface area (Å²) in [7, 11) is 0. The van der Waals surface area contributed by atoms with Gasteiger partial charge in [0.25, 0.3) is 0 Å². The van der Waals surface area contributed by atoms with E-state index in [0.29, 0.717) is 5.92 Å². The van der Waals surface area contributed by atoms with Gasteiger partial charge in [-0.1, -0.05) is 11.6 Å². The van der Waals surface area contributed by atoms with Crippen molar-refractivity contribution in [2.75, 3.05) is 32.7 Å². The Hall–Kier alpha value is -1.40. The van der Waals surface area contributed by atoms with Crippen LogP contribution in [-0.4, -0.2) is 48.6 Å². The van der Waals surface area contributed by atoms with Gasteiger partial charge in [0.05, 0.1) is 10.7 Å². The SMILES string of the molecule is CCNC(=NCC1CCN(Cc2csc(C)n2)CC1)NCCC1=CCCCC1. The fraction of sp³-hybridized carbons (Fsp3) is 0.727. The van der Waals surface area contributed by atoms with Gasteiger partial charge in [-0.25, -0.2) is 4.98 Å². The zero-order valence-corrected chi connectivity index (χ0v) is 18.5. The number of allylic oxidation sites excluding steroid dienone is 1. The molecule has 0 saturated carbocycles. The quantitative estimate of drug-likeness (QED) is 0.390. The van der Waals surface area contributed by atoms with Crippen molar-refractivity contribution >= 4 is 17.3 Å². The lowest BCUT2D eigenvalue weighted by Crippen LogP contribution is -2.39. The Morgan fingerprint density at radius 2 is 2.14 bits per heavy atom. The number of aromatic nitrogens is 1. The Morgan fingerprint density at radius 1 is 1.29 bits per heavy atom. The third kappa shape index (κ3) is 7.21. The molecule has 1 aromatic heterocycles. The fourth-order valence-corrected chi connectivity index (χ4v) is 4.68. The molecule has 1 fully saturated rings. The maximum atomic E-state index is 4.88. The van der Waals surface area contributed by atoms with Crippen molar-refractivity contribution < 1.29 is 0 Å². The molecule has 2 N–H and O–H groups in total. The zero-order valence-electron chi connectivity index (χ0n) is 17.7. The third-order valence-corrected chi connectivity index (χ3v) is 6.56. The summed E-state index contributed by atoms with van der Waals surface area (Å²) in [6, 6.07) is 0. The van der Waals surface area contributed by atoms with Crippen molar-refractivity contribution in [2.24, 2.45) is 10.9 Å². The number of rotatable bonds is 8. The van der Waals surface area contributed by atoms with E-state index in [-0.39, 0.29) is 0 Å². The monoisotopic (exact) mass is 403 g/mol. The highest BCUT2D eigenvalue weighted by atomic mass is 32.1. The number of hydrogen-bond donors (Lipinski definition) is 2. The van der Waals surface area contributed by atoms with Crippen molar-refractivity contribution in [1.82, 2.24) is 20.5 Å². The molecule has 0 aromatic carbocycles. The predicted octanol–water partition coefficient (Wildman–Crippen LogP) is 4.11. The van der Waals surface area contributed by atoms with E-state index >= 15 is 0 Å². The number of likely N-dealkylation sites (tertiary alicyclic amines) is 1. The number of aliphatic imine (C=N–C) groups is 1. The smallest absolute Gasteiger partial charge is 0.191 e. The summed E-state index contributed by atoms with van der Waals surface area (Å²) in [6.45, 7) is 10.4. The van der Waals surface area contributed by atoms with Crippen LogP contribution in [0, 0.1) is 12.8 Å². The minimum Gasteiger partial charge on any atom is -0.357 e. The van der Waals surface area contributed by atoms with E-state index in [9.17, 15) is 0 Å². The summed E-state index contributed by atoms with van der Waals surface area (Å²) >= 11 is 1.75. The first-order valence-corrected chi connectivity index (χ1v) is 11.9. The largest absolute Gasteiger partial charge is 0.357 e. The molecule has 1 aromatic rings. The normalized spacial score (nSPS) is 19.5. The van der Waals surface area contributed by atoms with Crippen molar-refractivity contribution in [2.45, 2.75) is 65.3 Å². The van der Waals surface area contributed by atoms with E-state index in [2.05, 4.69) is 45.8 Å². The Balaban J connectivity index is 1.37. The van der Waals surface area contributed by atoms with Crippen LogP contribution in [0.2, 0.25) is 0 Å². The van der Waals surface area contributed by atoms with Crippen LogP contribution in [0.3, 0.4) is 0 Å². The molecule has 1 aliphatic carbocycles. The van der Waals surface area contributed by atoms with Crippen LogP contribution in [0.1, 0.15) is 62.6 Å². The van der Waals surface area contributed by atoms with Gasteiger partial charge in [-0.3, -0.25) is 9.89 Å². The highest BCUT2D eigenvalue weighted by Crippen LogP contribution is 2.21. The van der Waals surface area contributed by atoms with Gasteiger partial charge in [-0.2, -0.15) is 0 Å². The molecule has 0 unspecified atom stereocenters. The van der Waals surface area contributed by atoms with Crippen LogP contribution in [0.5, 0.6) is 0 Å². The lowest BCUT2D eigenvalue weighted by Gasteiger charge is -2.30. The average molecular weight is 404 g/mol. The van der Waals surface area contributed by atoms with Crippen LogP contribution in [0.25, 0.3) is 0 Å². The number of piperidine rings is 1. The summed E-state index contributed by atoms with van der Waals surface area (Å²) in [5, 5.41) is 10.3. The molecule has 1 aliphatic heterocycles. The number of aryl methyl sites for hydroxylation is 1. The van der Waals surface area contributed by atoms with E-state index in [1.54, 1.807) is 16.9 Å². The summed E-state index contributed by atoms with van der Waals surface area (Å²) < 4.78 is 0. The Bertz CT molecular complexity index is 643. The van der Waals surface area contributed by atoms with E-state index in [1.807, 2.05) is 0 Å². The van der Waals surface area contributed by atoms with E-state index in [1.165, 1.54) is 49.2 Å². The average Bonchev–Trinajstić information content (AvgIpc) is 3.12. The minimum absolute atomic E-state index is 0.699. The Morgan fingerprint density at radius 3 is 2.82 bits per heavy atom. The third-order valence-electron chi connectivity index (χ3n) is 5.73. The summed E-state index contributed by atoms with van der Waals surface area (Å²) in [5.74, 6) is 1.68. The van der Waals surface area contributed by atoms with Crippen molar-refractivity contribution in [3.8, 4) is 0 Å². The van der Waals surface area contributed by atoms with E-state index in [4.69, 9.17) is 4.99 Å². The lowest BCUT2D eigenvalue weighted by molar-refractivity contribution is 0.179. The number of nitrogens with one attached hydrogen (secondary N) is 2. The number of guanidine groups is 1. The van der Waals surface area contributed by atoms with Gasteiger partial charge in [-0.05, 0) is 77.8 Å². The maximum Gasteiger partial charge on any atom is 0.191 e. The Kier molecular flexibility index (Phi) is 8.80. The molecular formula is C22H37N5S. The molecule has 3 rings (SSSR count). The molecule has 0 spiro atoms. The van der Waals surface area contributed by atoms with Gasteiger partial charge in [0.15, 0.2) is 5.96 Å². The molecular weight excluding hydrogens is 366 g/mol. The zero-order chi connectivity index (χ0) is 19.6. The van der Waals surface area contributed by atoms with Crippen molar-refractivity contribution in [3.05, 3.63) is 27.7 Å². The lowest BCUT2D eigenvalue weighted by atomic mass is 9.97. The van der Waals surface area contributed by atoms with Crippen LogP contribution in [0.15, 0.2) is 22.0 Å². The second kappa shape index (κ2) is 11.6. The van der Waals surface area contributed by atoms with Gasteiger partial charge >= 0.3 is 0 Å². The second-order valence-corrected chi connectivity index (χ2v) is 9.14. The topological polar surface area (TPSA) is 52.6 Å². The van der Waals surface area contributed by atoms with Gasteiger partial charge in [0.2, 0.25) is 0 Å². The molecule has 5 nitrogen and oxygen atoms in total. The molecule has 6 heteroatoms.